The summed E-state index contributed by atoms with van der Waals surface area (Å²) in [5, 5.41) is 2.38. The summed E-state index contributed by atoms with van der Waals surface area (Å²) in [7, 11) is 0. The van der Waals surface area contributed by atoms with Gasteiger partial charge >= 0.3 is 5.84 Å². The first-order valence-electron chi connectivity index (χ1n) is 22.4. The van der Waals surface area contributed by atoms with E-state index in [1.165, 1.54) is 10.8 Å². The lowest BCUT2D eigenvalue weighted by Crippen LogP contribution is -1.95. The summed E-state index contributed by atoms with van der Waals surface area (Å²) in [6, 6.07) is 69.1. The highest BCUT2D eigenvalue weighted by atomic mass is 16.4. The molecule has 16 rings (SSSR count). The summed E-state index contributed by atoms with van der Waals surface area (Å²) in [5.74, 6) is 2.27. The van der Waals surface area contributed by atoms with Crippen LogP contribution in [0.4, 0.5) is 0 Å². The van der Waals surface area contributed by atoms with Gasteiger partial charge in [-0.25, -0.2) is 9.97 Å². The number of oxazole rings is 1. The second kappa shape index (κ2) is 12.6. The monoisotopic (exact) mass is 859 g/mol. The Kier molecular flexibility index (Phi) is 6.61. The molecular weight excluding hydrogens is 827 g/mol. The summed E-state index contributed by atoms with van der Waals surface area (Å²) < 4.78 is 17.4. The molecule has 7 heterocycles. The number of benzene rings is 9. The number of hydrogen-bond acceptors (Lipinski definition) is 4. The first-order valence-corrected chi connectivity index (χ1v) is 22.4. The Morgan fingerprint density at radius 3 is 1.75 bits per heavy atom. The maximum absolute atomic E-state index is 6.16. The van der Waals surface area contributed by atoms with Crippen LogP contribution in [0.3, 0.4) is 0 Å². The normalized spacial score (nSPS) is 12.5. The zero-order valence-corrected chi connectivity index (χ0v) is 35.5. The third-order valence-corrected chi connectivity index (χ3v) is 13.9. The van der Waals surface area contributed by atoms with E-state index < -0.39 is 0 Å². The predicted octanol–water partition coefficient (Wildman–Crippen LogP) is 13.7. The van der Waals surface area contributed by atoms with Crippen LogP contribution in [0.5, 0.6) is 0 Å². The largest absolute Gasteiger partial charge is 0.423 e. The molecule has 9 aromatic carbocycles. The summed E-state index contributed by atoms with van der Waals surface area (Å²) in [5.41, 5.74) is 21.0. The lowest BCUT2D eigenvalue weighted by Gasteiger charge is -2.09. The van der Waals surface area contributed by atoms with Gasteiger partial charge in [-0.1, -0.05) is 78.9 Å². The van der Waals surface area contributed by atoms with Crippen LogP contribution in [-0.2, 0) is 0 Å². The number of imidazole rings is 5. The fourth-order valence-corrected chi connectivity index (χ4v) is 10.9. The highest BCUT2D eigenvalue weighted by Gasteiger charge is 2.22. The molecule has 0 saturated heterocycles. The molecule has 0 aliphatic heterocycles. The minimum absolute atomic E-state index is 0.579. The topological polar surface area (TPSA) is 90.7 Å². The summed E-state index contributed by atoms with van der Waals surface area (Å²) in [4.78, 5) is 18.5. The van der Waals surface area contributed by atoms with E-state index in [0.717, 1.165) is 122 Å². The van der Waals surface area contributed by atoms with Crippen LogP contribution in [0.2, 0.25) is 0 Å². The molecule has 16 aromatic rings. The van der Waals surface area contributed by atoms with Crippen molar-refractivity contribution in [3.05, 3.63) is 194 Å². The molecule has 0 spiro atoms. The number of nitrogens with one attached hydrogen (secondary N) is 1. The van der Waals surface area contributed by atoms with Crippen molar-refractivity contribution >= 4 is 105 Å². The predicted molar refractivity (Wildman–Crippen MR) is 269 cm³/mol. The molecule has 0 unspecified atom stereocenters. The van der Waals surface area contributed by atoms with Gasteiger partial charge in [-0.15, -0.1) is 0 Å². The summed E-state index contributed by atoms with van der Waals surface area (Å²) in [6.45, 7) is 0. The number of H-pyrrole nitrogens is 1. The van der Waals surface area contributed by atoms with E-state index in [-0.39, 0.29) is 0 Å². The van der Waals surface area contributed by atoms with Crippen LogP contribution in [0.1, 0.15) is 0 Å². The number of para-hydroxylation sites is 7. The Bertz CT molecular complexity index is 4760. The van der Waals surface area contributed by atoms with Gasteiger partial charge in [0, 0.05) is 16.5 Å². The van der Waals surface area contributed by atoms with Gasteiger partial charge in [0.15, 0.2) is 5.58 Å². The van der Waals surface area contributed by atoms with Crippen molar-refractivity contribution in [1.29, 1.82) is 0 Å². The van der Waals surface area contributed by atoms with E-state index in [1.54, 1.807) is 0 Å². The van der Waals surface area contributed by atoms with Crippen LogP contribution in [0, 0.1) is 0 Å². The van der Waals surface area contributed by atoms with Crippen molar-refractivity contribution in [2.45, 2.75) is 0 Å². The van der Waals surface area contributed by atoms with E-state index in [2.05, 4.69) is 197 Å². The second-order valence-electron chi connectivity index (χ2n) is 17.5. The Balaban J connectivity index is 0.895. The lowest BCUT2D eigenvalue weighted by molar-refractivity contribution is 0.643. The van der Waals surface area contributed by atoms with Crippen molar-refractivity contribution in [3.63, 3.8) is 0 Å². The molecule has 0 fully saturated rings. The first-order chi connectivity index (χ1) is 33.2. The van der Waals surface area contributed by atoms with Crippen LogP contribution in [-0.4, -0.2) is 42.3 Å². The Morgan fingerprint density at radius 2 is 0.970 bits per heavy atom. The third kappa shape index (κ3) is 4.74. The minimum atomic E-state index is 0.579. The maximum atomic E-state index is 6.16. The second-order valence-corrected chi connectivity index (χ2v) is 17.5. The molecule has 7 aromatic heterocycles. The molecular formula is C57H33N9O. The highest BCUT2D eigenvalue weighted by Crippen LogP contribution is 2.40. The Morgan fingerprint density at radius 1 is 0.358 bits per heavy atom. The van der Waals surface area contributed by atoms with Crippen LogP contribution < -0.4 is 0 Å². The quantitative estimate of drug-likeness (QED) is 0.191. The number of aromatic amines is 1. The van der Waals surface area contributed by atoms with Crippen molar-refractivity contribution in [3.8, 4) is 33.6 Å². The van der Waals surface area contributed by atoms with Crippen molar-refractivity contribution in [2.75, 3.05) is 0 Å². The number of fused-ring (bicyclic) bond motifs is 18. The smallest absolute Gasteiger partial charge is 0.307 e. The lowest BCUT2D eigenvalue weighted by atomic mass is 9.99. The van der Waals surface area contributed by atoms with Crippen LogP contribution in [0.15, 0.2) is 199 Å². The van der Waals surface area contributed by atoms with Gasteiger partial charge in [0.2, 0.25) is 11.6 Å². The van der Waals surface area contributed by atoms with Crippen molar-refractivity contribution in [2.24, 2.45) is 0 Å². The van der Waals surface area contributed by atoms with Crippen molar-refractivity contribution in [1.82, 2.24) is 42.3 Å². The van der Waals surface area contributed by atoms with E-state index in [1.807, 2.05) is 24.3 Å². The van der Waals surface area contributed by atoms with Gasteiger partial charge in [-0.05, 0) is 138 Å². The zero-order valence-electron chi connectivity index (χ0n) is 35.5. The number of hydrogen-bond donors (Lipinski definition) is 1. The van der Waals surface area contributed by atoms with Gasteiger partial charge < -0.3 is 14.0 Å². The van der Waals surface area contributed by atoms with E-state index in [4.69, 9.17) is 19.4 Å². The van der Waals surface area contributed by atoms with E-state index in [9.17, 15) is 0 Å². The van der Waals surface area contributed by atoms with Gasteiger partial charge in [-0.2, -0.15) is 4.98 Å². The Hall–Kier alpha value is -9.41. The highest BCUT2D eigenvalue weighted by molar-refractivity contribution is 6.12. The summed E-state index contributed by atoms with van der Waals surface area (Å²) >= 11 is 0. The Labute approximate surface area is 378 Å². The molecule has 10 nitrogen and oxygen atoms in total. The molecule has 1 N–H and O–H groups in total. The standard InChI is InChI=1S/C57H33N9O/c1-2-10-37(11-3-1)62-45-25-19-33(35-18-23-43-51(30-35)64-47-14-6-4-12-41(47)58-55(64)59-43)28-39(45)40-29-34(20-26-46(40)62)36-21-27-49-53(31-36)65-48-15-7-5-13-42(48)60-56(65)63(49)38-22-24-44-52(32-38)66-50-16-8-9-17-54(50)67-57(66)61-44/h1-32H,(H,58,59). The SMILES string of the molecule is c1ccc(-n2c3ccc(-c4ccc5[nH]c6nc7ccccc7n6c5c4)cc3c3cc(-c4ccc5c(c4)n4c6ccccc6nc4n5-c4ccc5nc6oc7ccccc7n6c5c4)ccc32)cc1. The van der Waals surface area contributed by atoms with Gasteiger partial charge in [-0.3, -0.25) is 17.8 Å². The molecule has 0 radical (unpaired) electrons. The maximum Gasteiger partial charge on any atom is 0.307 e. The number of nitrogens with zero attached hydrogens (tertiary/aromatic N) is 8. The molecule has 0 aliphatic rings. The van der Waals surface area contributed by atoms with Gasteiger partial charge in [0.25, 0.3) is 0 Å². The van der Waals surface area contributed by atoms with Gasteiger partial charge in [0.1, 0.15) is 0 Å². The fourth-order valence-electron chi connectivity index (χ4n) is 10.9. The zero-order chi connectivity index (χ0) is 43.5. The van der Waals surface area contributed by atoms with Gasteiger partial charge in [0.05, 0.1) is 77.4 Å². The molecule has 0 amide bonds. The van der Waals surface area contributed by atoms with E-state index >= 15 is 0 Å². The van der Waals surface area contributed by atoms with Crippen LogP contribution >= 0.6 is 0 Å². The first kappa shape index (κ1) is 35.0. The number of rotatable bonds is 4. The average Bonchev–Trinajstić information content (AvgIpc) is 4.24. The molecule has 0 aliphatic carbocycles. The fraction of sp³-hybridized carbons (Fsp3) is 0. The molecule has 0 atom stereocenters. The van der Waals surface area contributed by atoms with Crippen LogP contribution in [0.25, 0.3) is 139 Å². The molecule has 0 saturated carbocycles. The summed E-state index contributed by atoms with van der Waals surface area (Å²) in [6.07, 6.45) is 0. The van der Waals surface area contributed by atoms with E-state index in [0.29, 0.717) is 5.84 Å². The molecule has 0 bridgehead atoms. The molecule has 312 valence electrons. The minimum Gasteiger partial charge on any atom is -0.423 e. The van der Waals surface area contributed by atoms with Crippen molar-refractivity contribution < 1.29 is 4.42 Å². The molecule has 10 heteroatoms. The third-order valence-electron chi connectivity index (χ3n) is 13.9. The number of aromatic nitrogens is 9. The molecule has 67 heavy (non-hydrogen) atoms. The average molecular weight is 860 g/mol.